The molecule has 1 aliphatic heterocycles. The van der Waals surface area contributed by atoms with Gasteiger partial charge in [0.25, 0.3) is 0 Å². The van der Waals surface area contributed by atoms with Crippen molar-refractivity contribution in [3.05, 3.63) is 35.4 Å². The predicted octanol–water partition coefficient (Wildman–Crippen LogP) is 2.73. The molecule has 1 aromatic carbocycles. The largest absolute Gasteiger partial charge is 0.401 e. The predicted molar refractivity (Wildman–Crippen MR) is 101 cm³/mol. The monoisotopic (exact) mass is 456 g/mol. The lowest BCUT2D eigenvalue weighted by atomic mass is 10.0. The maximum absolute atomic E-state index is 12.3. The lowest BCUT2D eigenvalue weighted by molar-refractivity contribution is -0.142. The minimum atomic E-state index is -4.16. The molecular weight excluding hydrogens is 432 g/mol. The highest BCUT2D eigenvalue weighted by molar-refractivity contribution is 14.0. The highest BCUT2D eigenvalue weighted by atomic mass is 127. The third kappa shape index (κ3) is 6.46. The highest BCUT2D eigenvalue weighted by Crippen LogP contribution is 2.18. The molecule has 2 rings (SSSR count). The molecule has 8 heteroatoms. The Bertz CT molecular complexity index is 548. The summed E-state index contributed by atoms with van der Waals surface area (Å²) in [6.45, 7) is 1.47. The first kappa shape index (κ1) is 21.0. The molecule has 136 valence electrons. The molecule has 0 atom stereocenters. The molecule has 0 amide bonds. The summed E-state index contributed by atoms with van der Waals surface area (Å²) < 4.78 is 36.9. The Morgan fingerprint density at radius 3 is 2.58 bits per heavy atom. The summed E-state index contributed by atoms with van der Waals surface area (Å²) in [5.74, 6) is 0.736. The average molecular weight is 456 g/mol. The molecule has 0 aromatic heterocycles. The quantitative estimate of drug-likeness (QED) is 0.430. The van der Waals surface area contributed by atoms with Gasteiger partial charge < -0.3 is 10.2 Å². The summed E-state index contributed by atoms with van der Waals surface area (Å²) in [7, 11) is 3.16. The average Bonchev–Trinajstić information content (AvgIpc) is 2.49. The van der Waals surface area contributed by atoms with E-state index in [0.717, 1.165) is 25.5 Å². The second-order valence-corrected chi connectivity index (χ2v) is 5.77. The maximum atomic E-state index is 12.3. The van der Waals surface area contributed by atoms with Crippen LogP contribution in [-0.2, 0) is 13.0 Å². The van der Waals surface area contributed by atoms with E-state index < -0.39 is 12.7 Å². The van der Waals surface area contributed by atoms with Crippen molar-refractivity contribution in [2.75, 3.05) is 40.3 Å². The van der Waals surface area contributed by atoms with Gasteiger partial charge in [-0.2, -0.15) is 13.2 Å². The molecule has 1 N–H and O–H groups in total. The zero-order valence-corrected chi connectivity index (χ0v) is 16.3. The van der Waals surface area contributed by atoms with E-state index in [1.807, 2.05) is 12.1 Å². The Hall–Kier alpha value is -1.03. The summed E-state index contributed by atoms with van der Waals surface area (Å²) in [5, 5.41) is 3.15. The molecule has 4 nitrogen and oxygen atoms in total. The van der Waals surface area contributed by atoms with E-state index in [1.165, 1.54) is 23.1 Å². The van der Waals surface area contributed by atoms with Gasteiger partial charge >= 0.3 is 6.18 Å². The van der Waals surface area contributed by atoms with E-state index in [0.29, 0.717) is 13.1 Å². The van der Waals surface area contributed by atoms with Gasteiger partial charge in [-0.15, -0.1) is 24.0 Å². The van der Waals surface area contributed by atoms with Crippen molar-refractivity contribution in [2.45, 2.75) is 19.1 Å². The number of aliphatic imine (C=N–C) groups is 1. The number of hydrogen-bond acceptors (Lipinski definition) is 2. The van der Waals surface area contributed by atoms with Gasteiger partial charge in [-0.05, 0) is 24.6 Å². The first-order chi connectivity index (χ1) is 10.9. The minimum Gasteiger partial charge on any atom is -0.355 e. The Balaban J connectivity index is 0.00000288. The number of hydrogen-bond donors (Lipinski definition) is 1. The molecule has 0 saturated heterocycles. The number of fused-ring (bicyclic) bond motifs is 1. The van der Waals surface area contributed by atoms with Gasteiger partial charge in [0.2, 0.25) is 0 Å². The number of guanidine groups is 1. The highest BCUT2D eigenvalue weighted by Gasteiger charge is 2.29. The summed E-state index contributed by atoms with van der Waals surface area (Å²) in [6, 6.07) is 8.30. The van der Waals surface area contributed by atoms with Crippen LogP contribution < -0.4 is 5.32 Å². The number of nitrogens with zero attached hydrogens (tertiary/aromatic N) is 3. The van der Waals surface area contributed by atoms with Gasteiger partial charge in [0.1, 0.15) is 0 Å². The van der Waals surface area contributed by atoms with Gasteiger partial charge in [0, 0.05) is 33.2 Å². The van der Waals surface area contributed by atoms with Crippen molar-refractivity contribution in [1.29, 1.82) is 0 Å². The number of rotatable bonds is 4. The van der Waals surface area contributed by atoms with Crippen molar-refractivity contribution < 1.29 is 13.2 Å². The topological polar surface area (TPSA) is 30.9 Å². The van der Waals surface area contributed by atoms with Crippen LogP contribution in [0.25, 0.3) is 0 Å². The number of halogens is 4. The smallest absolute Gasteiger partial charge is 0.355 e. The number of alkyl halides is 3. The Morgan fingerprint density at radius 1 is 1.29 bits per heavy atom. The third-order valence-corrected chi connectivity index (χ3v) is 3.87. The number of benzene rings is 1. The van der Waals surface area contributed by atoms with Gasteiger partial charge in [0.05, 0.1) is 6.54 Å². The molecule has 0 fully saturated rings. The normalized spacial score (nSPS) is 15.1. The van der Waals surface area contributed by atoms with Crippen molar-refractivity contribution in [3.8, 4) is 0 Å². The van der Waals surface area contributed by atoms with E-state index >= 15 is 0 Å². The number of likely N-dealkylation sites (N-methyl/N-ethyl adjacent to an activating group) is 1. The van der Waals surface area contributed by atoms with Crippen LogP contribution in [0.2, 0.25) is 0 Å². The number of nitrogens with one attached hydrogen (secondary N) is 1. The van der Waals surface area contributed by atoms with Crippen LogP contribution >= 0.6 is 24.0 Å². The van der Waals surface area contributed by atoms with Crippen molar-refractivity contribution >= 4 is 29.9 Å². The van der Waals surface area contributed by atoms with Gasteiger partial charge in [-0.25, -0.2) is 0 Å². The molecule has 0 spiro atoms. The molecule has 0 aliphatic carbocycles. The first-order valence-electron chi connectivity index (χ1n) is 7.67. The Kier molecular flexibility index (Phi) is 8.28. The van der Waals surface area contributed by atoms with Crippen molar-refractivity contribution in [2.24, 2.45) is 4.99 Å². The van der Waals surface area contributed by atoms with Gasteiger partial charge in [-0.3, -0.25) is 9.89 Å². The molecule has 1 aliphatic rings. The molecule has 0 unspecified atom stereocenters. The molecule has 1 aromatic rings. The van der Waals surface area contributed by atoms with Gasteiger partial charge in [0.15, 0.2) is 5.96 Å². The lowest BCUT2D eigenvalue weighted by Crippen LogP contribution is -2.46. The van der Waals surface area contributed by atoms with Crippen LogP contribution in [0.1, 0.15) is 11.1 Å². The van der Waals surface area contributed by atoms with Crippen molar-refractivity contribution in [3.63, 3.8) is 0 Å². The van der Waals surface area contributed by atoms with E-state index in [-0.39, 0.29) is 24.0 Å². The fourth-order valence-electron chi connectivity index (χ4n) is 2.75. The molecular formula is C16H24F3IN4. The summed E-state index contributed by atoms with van der Waals surface area (Å²) in [5.41, 5.74) is 2.63. The standard InChI is InChI=1S/C16H23F3N4.HI/c1-20-15(21-8-10-22(2)12-16(17,18)19)23-9-7-13-5-3-4-6-14(13)11-23;/h3-6H,7-12H2,1-2H3,(H,20,21);1H. The Morgan fingerprint density at radius 2 is 1.96 bits per heavy atom. The summed E-state index contributed by atoms with van der Waals surface area (Å²) in [6.07, 6.45) is -3.21. The van der Waals surface area contributed by atoms with Crippen LogP contribution in [0.3, 0.4) is 0 Å². The third-order valence-electron chi connectivity index (χ3n) is 3.87. The maximum Gasteiger partial charge on any atom is 0.401 e. The molecule has 0 bridgehead atoms. The molecule has 24 heavy (non-hydrogen) atoms. The van der Waals surface area contributed by atoms with Gasteiger partial charge in [-0.1, -0.05) is 24.3 Å². The van der Waals surface area contributed by atoms with E-state index in [2.05, 4.69) is 27.3 Å². The first-order valence-corrected chi connectivity index (χ1v) is 7.67. The minimum absolute atomic E-state index is 0. The fraction of sp³-hybridized carbons (Fsp3) is 0.562. The van der Waals surface area contributed by atoms with Crippen molar-refractivity contribution in [1.82, 2.24) is 15.1 Å². The molecule has 0 radical (unpaired) electrons. The van der Waals surface area contributed by atoms with Crippen LogP contribution in [0, 0.1) is 0 Å². The second-order valence-electron chi connectivity index (χ2n) is 5.77. The fourth-order valence-corrected chi connectivity index (χ4v) is 2.75. The SMILES string of the molecule is CN=C(NCCN(C)CC(F)(F)F)N1CCc2ccccc2C1.I. The molecule has 0 saturated carbocycles. The Labute approximate surface area is 158 Å². The summed E-state index contributed by atoms with van der Waals surface area (Å²) in [4.78, 5) is 7.63. The second kappa shape index (κ2) is 9.45. The lowest BCUT2D eigenvalue weighted by Gasteiger charge is -2.32. The van der Waals surface area contributed by atoms with Crippen LogP contribution in [0.15, 0.2) is 29.3 Å². The van der Waals surface area contributed by atoms with E-state index in [1.54, 1.807) is 7.05 Å². The molecule has 1 heterocycles. The van der Waals surface area contributed by atoms with E-state index in [4.69, 9.17) is 0 Å². The van der Waals surface area contributed by atoms with Crippen LogP contribution in [-0.4, -0.2) is 62.2 Å². The zero-order chi connectivity index (χ0) is 16.9. The summed E-state index contributed by atoms with van der Waals surface area (Å²) >= 11 is 0. The van der Waals surface area contributed by atoms with E-state index in [9.17, 15) is 13.2 Å². The van der Waals surface area contributed by atoms with Crippen LogP contribution in [0.4, 0.5) is 13.2 Å². The van der Waals surface area contributed by atoms with Crippen LogP contribution in [0.5, 0.6) is 0 Å². The zero-order valence-electron chi connectivity index (χ0n) is 13.9.